The Bertz CT molecular complexity index is 438. The van der Waals surface area contributed by atoms with Gasteiger partial charge in [0.1, 0.15) is 5.69 Å². The molecular formula is C14H23N3O3. The summed E-state index contributed by atoms with van der Waals surface area (Å²) in [7, 11) is 0. The van der Waals surface area contributed by atoms with Crippen LogP contribution < -0.4 is 10.2 Å². The smallest absolute Gasteiger partial charge is 0.292 e. The second kappa shape index (κ2) is 8.37. The van der Waals surface area contributed by atoms with Crippen LogP contribution in [0.5, 0.6) is 0 Å². The number of nitro groups is 1. The van der Waals surface area contributed by atoms with Crippen LogP contribution in [-0.4, -0.2) is 36.3 Å². The van der Waals surface area contributed by atoms with Crippen LogP contribution in [-0.2, 0) is 0 Å². The minimum atomic E-state index is -0.375. The van der Waals surface area contributed by atoms with Gasteiger partial charge in [-0.1, -0.05) is 13.3 Å². The molecule has 0 bridgehead atoms. The lowest BCUT2D eigenvalue weighted by molar-refractivity contribution is -0.383. The number of nitro benzene ring substituents is 1. The Hall–Kier alpha value is -1.82. The molecule has 0 fully saturated rings. The van der Waals surface area contributed by atoms with E-state index in [1.807, 2.05) is 11.8 Å². The zero-order valence-electron chi connectivity index (χ0n) is 12.1. The van der Waals surface area contributed by atoms with Gasteiger partial charge < -0.3 is 15.3 Å². The van der Waals surface area contributed by atoms with Crippen molar-refractivity contribution in [3.8, 4) is 0 Å². The van der Waals surface area contributed by atoms with E-state index in [-0.39, 0.29) is 17.2 Å². The topological polar surface area (TPSA) is 78.6 Å². The van der Waals surface area contributed by atoms with Crippen molar-refractivity contribution >= 4 is 17.1 Å². The zero-order valence-corrected chi connectivity index (χ0v) is 12.1. The molecule has 112 valence electrons. The maximum atomic E-state index is 11.0. The van der Waals surface area contributed by atoms with Gasteiger partial charge in [-0.15, -0.1) is 0 Å². The molecule has 0 aromatic heterocycles. The molecule has 0 aliphatic heterocycles. The molecule has 0 atom stereocenters. The molecule has 0 aliphatic carbocycles. The Morgan fingerprint density at radius 3 is 2.70 bits per heavy atom. The fourth-order valence-corrected chi connectivity index (χ4v) is 2.01. The van der Waals surface area contributed by atoms with Crippen molar-refractivity contribution in [2.24, 2.45) is 0 Å². The van der Waals surface area contributed by atoms with Crippen LogP contribution in [0.25, 0.3) is 0 Å². The fourth-order valence-electron chi connectivity index (χ4n) is 2.01. The number of hydrogen-bond donors (Lipinski definition) is 2. The fraction of sp³-hybridized carbons (Fsp3) is 0.571. The summed E-state index contributed by atoms with van der Waals surface area (Å²) >= 11 is 0. The van der Waals surface area contributed by atoms with Crippen LogP contribution in [0.3, 0.4) is 0 Å². The van der Waals surface area contributed by atoms with Crippen LogP contribution in [0, 0.1) is 10.1 Å². The summed E-state index contributed by atoms with van der Waals surface area (Å²) in [5.41, 5.74) is 1.51. The first-order valence-electron chi connectivity index (χ1n) is 7.02. The molecule has 0 saturated heterocycles. The lowest BCUT2D eigenvalue weighted by atomic mass is 10.2. The zero-order chi connectivity index (χ0) is 15.0. The van der Waals surface area contributed by atoms with Crippen LogP contribution >= 0.6 is 0 Å². The molecule has 2 N–H and O–H groups in total. The molecule has 0 radical (unpaired) electrons. The number of nitrogens with zero attached hydrogens (tertiary/aromatic N) is 2. The third-order valence-corrected chi connectivity index (χ3v) is 3.14. The van der Waals surface area contributed by atoms with E-state index < -0.39 is 0 Å². The monoisotopic (exact) mass is 281 g/mol. The summed E-state index contributed by atoms with van der Waals surface area (Å²) in [5, 5.41) is 23.2. The normalized spacial score (nSPS) is 10.3. The molecule has 0 heterocycles. The highest BCUT2D eigenvalue weighted by atomic mass is 16.6. The maximum absolute atomic E-state index is 11.0. The number of likely N-dealkylation sites (N-methyl/N-ethyl adjacent to an activating group) is 1. The van der Waals surface area contributed by atoms with Gasteiger partial charge in [0.2, 0.25) is 0 Å². The molecule has 0 aliphatic rings. The van der Waals surface area contributed by atoms with E-state index in [1.54, 1.807) is 12.1 Å². The number of unbranched alkanes of at least 4 members (excludes halogenated alkanes) is 1. The van der Waals surface area contributed by atoms with Crippen molar-refractivity contribution in [3.63, 3.8) is 0 Å². The first kappa shape index (κ1) is 16.2. The van der Waals surface area contributed by atoms with Gasteiger partial charge in [-0.05, 0) is 25.5 Å². The summed E-state index contributed by atoms with van der Waals surface area (Å²) in [6, 6.07) is 5.03. The van der Waals surface area contributed by atoms with Crippen molar-refractivity contribution in [2.45, 2.75) is 26.7 Å². The third-order valence-electron chi connectivity index (χ3n) is 3.14. The second-order valence-electron chi connectivity index (χ2n) is 4.54. The predicted molar refractivity (Wildman–Crippen MR) is 81.5 cm³/mol. The molecular weight excluding hydrogens is 258 g/mol. The van der Waals surface area contributed by atoms with Crippen LogP contribution in [0.4, 0.5) is 17.1 Å². The number of rotatable bonds is 9. The summed E-state index contributed by atoms with van der Waals surface area (Å²) in [6.45, 7) is 6.10. The summed E-state index contributed by atoms with van der Waals surface area (Å²) in [5.74, 6) is 0. The maximum Gasteiger partial charge on any atom is 0.292 e. The van der Waals surface area contributed by atoms with Crippen molar-refractivity contribution in [3.05, 3.63) is 28.3 Å². The standard InChI is InChI=1S/C14H23N3O3/c1-3-5-8-15-13-11-12(16(4-2)9-10-18)6-7-14(13)17(19)20/h6-7,11,15,18H,3-5,8-10H2,1-2H3. The quantitative estimate of drug-likeness (QED) is 0.413. The highest BCUT2D eigenvalue weighted by molar-refractivity contribution is 5.69. The Morgan fingerprint density at radius 1 is 1.40 bits per heavy atom. The molecule has 0 amide bonds. The first-order chi connectivity index (χ1) is 9.63. The van der Waals surface area contributed by atoms with Gasteiger partial charge in [0, 0.05) is 31.4 Å². The van der Waals surface area contributed by atoms with Crippen LogP contribution in [0.1, 0.15) is 26.7 Å². The Balaban J connectivity index is 2.99. The van der Waals surface area contributed by atoms with E-state index >= 15 is 0 Å². The highest BCUT2D eigenvalue weighted by Gasteiger charge is 2.15. The van der Waals surface area contributed by atoms with E-state index in [0.717, 1.165) is 25.1 Å². The van der Waals surface area contributed by atoms with Gasteiger partial charge in [-0.3, -0.25) is 10.1 Å². The highest BCUT2D eigenvalue weighted by Crippen LogP contribution is 2.29. The third kappa shape index (κ3) is 4.38. The number of hydrogen-bond acceptors (Lipinski definition) is 5. The average molecular weight is 281 g/mol. The van der Waals surface area contributed by atoms with E-state index in [2.05, 4.69) is 12.2 Å². The predicted octanol–water partition coefficient (Wildman–Crippen LogP) is 2.63. The van der Waals surface area contributed by atoms with Crippen molar-refractivity contribution < 1.29 is 10.0 Å². The SMILES string of the molecule is CCCCNc1cc(N(CC)CCO)ccc1[N+](=O)[O-]. The van der Waals surface area contributed by atoms with Gasteiger partial charge >= 0.3 is 0 Å². The number of aliphatic hydroxyl groups excluding tert-OH is 1. The second-order valence-corrected chi connectivity index (χ2v) is 4.54. The van der Waals surface area contributed by atoms with Gasteiger partial charge in [-0.2, -0.15) is 0 Å². The average Bonchev–Trinajstić information content (AvgIpc) is 2.44. The molecule has 20 heavy (non-hydrogen) atoms. The summed E-state index contributed by atoms with van der Waals surface area (Å²) < 4.78 is 0. The summed E-state index contributed by atoms with van der Waals surface area (Å²) in [6.07, 6.45) is 2.00. The van der Waals surface area contributed by atoms with Crippen molar-refractivity contribution in [1.82, 2.24) is 0 Å². The molecule has 0 unspecified atom stereocenters. The lowest BCUT2D eigenvalue weighted by Crippen LogP contribution is -2.26. The number of benzene rings is 1. The largest absolute Gasteiger partial charge is 0.395 e. The molecule has 1 aromatic rings. The minimum absolute atomic E-state index is 0.0590. The summed E-state index contributed by atoms with van der Waals surface area (Å²) in [4.78, 5) is 12.6. The van der Waals surface area contributed by atoms with Gasteiger partial charge in [0.05, 0.1) is 11.5 Å². The molecule has 6 heteroatoms. The Labute approximate surface area is 119 Å². The Kier molecular flexibility index (Phi) is 6.79. The number of anilines is 2. The minimum Gasteiger partial charge on any atom is -0.395 e. The molecule has 0 saturated carbocycles. The molecule has 1 rings (SSSR count). The van der Waals surface area contributed by atoms with Crippen molar-refractivity contribution in [2.75, 3.05) is 36.5 Å². The van der Waals surface area contributed by atoms with E-state index in [0.29, 0.717) is 18.8 Å². The van der Waals surface area contributed by atoms with E-state index in [4.69, 9.17) is 5.11 Å². The van der Waals surface area contributed by atoms with Gasteiger partial charge in [0.25, 0.3) is 5.69 Å². The van der Waals surface area contributed by atoms with Crippen LogP contribution in [0.2, 0.25) is 0 Å². The number of nitrogens with one attached hydrogen (secondary N) is 1. The Morgan fingerprint density at radius 2 is 2.15 bits per heavy atom. The molecule has 1 aromatic carbocycles. The van der Waals surface area contributed by atoms with Gasteiger partial charge in [-0.25, -0.2) is 0 Å². The number of aliphatic hydroxyl groups is 1. The van der Waals surface area contributed by atoms with E-state index in [1.165, 1.54) is 6.07 Å². The molecule has 0 spiro atoms. The van der Waals surface area contributed by atoms with Crippen LogP contribution in [0.15, 0.2) is 18.2 Å². The molecule has 6 nitrogen and oxygen atoms in total. The lowest BCUT2D eigenvalue weighted by Gasteiger charge is -2.22. The van der Waals surface area contributed by atoms with E-state index in [9.17, 15) is 10.1 Å². The van der Waals surface area contributed by atoms with Gasteiger partial charge in [0.15, 0.2) is 0 Å². The van der Waals surface area contributed by atoms with Crippen molar-refractivity contribution in [1.29, 1.82) is 0 Å². The first-order valence-corrected chi connectivity index (χ1v) is 7.02.